The number of hydrogen-bond acceptors (Lipinski definition) is 5. The Morgan fingerprint density at radius 2 is 1.45 bits per heavy atom. The van der Waals surface area contributed by atoms with Crippen LogP contribution in [0.25, 0.3) is 109 Å². The molecule has 0 saturated heterocycles. The Hall–Kier alpha value is -6.21. The fourth-order valence-corrected chi connectivity index (χ4v) is 9.92. The molecule has 4 nitrogen and oxygen atoms in total. The quantitative estimate of drug-likeness (QED) is 0.181. The van der Waals surface area contributed by atoms with Crippen molar-refractivity contribution in [1.29, 1.82) is 0 Å². The Balaban J connectivity index is 1.07. The lowest BCUT2D eigenvalue weighted by atomic mass is 10.0. The number of aromatic nitrogens is 4. The predicted molar refractivity (Wildman–Crippen MR) is 219 cm³/mol. The Labute approximate surface area is 300 Å². The highest BCUT2D eigenvalue weighted by atomic mass is 32.1. The van der Waals surface area contributed by atoms with Crippen molar-refractivity contribution in [2.45, 2.75) is 0 Å². The van der Waals surface area contributed by atoms with Crippen molar-refractivity contribution in [3.05, 3.63) is 150 Å². The van der Waals surface area contributed by atoms with E-state index in [1.165, 1.54) is 52.1 Å². The molecule has 0 saturated carbocycles. The van der Waals surface area contributed by atoms with Gasteiger partial charge in [0, 0.05) is 58.4 Å². The highest BCUT2D eigenvalue weighted by Gasteiger charge is 2.22. The molecular weight excluding hydrogens is 661 g/mol. The number of para-hydroxylation sites is 2. The first-order chi connectivity index (χ1) is 25.2. The van der Waals surface area contributed by atoms with Crippen molar-refractivity contribution in [2.24, 2.45) is 0 Å². The summed E-state index contributed by atoms with van der Waals surface area (Å²) in [5, 5.41) is 7.28. The molecule has 238 valence electrons. The van der Waals surface area contributed by atoms with Crippen LogP contribution >= 0.6 is 22.7 Å². The molecule has 0 atom stereocenters. The van der Waals surface area contributed by atoms with Gasteiger partial charge in [-0.3, -0.25) is 0 Å². The number of nitrogens with zero attached hydrogens (tertiary/aromatic N) is 4. The van der Waals surface area contributed by atoms with Crippen molar-refractivity contribution in [2.75, 3.05) is 0 Å². The molecule has 0 fully saturated rings. The van der Waals surface area contributed by atoms with E-state index in [-0.39, 0.29) is 0 Å². The number of fused-ring (bicyclic) bond motifs is 9. The van der Waals surface area contributed by atoms with E-state index in [1.807, 2.05) is 29.0 Å². The average Bonchev–Trinajstić information content (AvgIpc) is 3.96. The van der Waals surface area contributed by atoms with Gasteiger partial charge in [-0.25, -0.2) is 15.0 Å². The van der Waals surface area contributed by atoms with Gasteiger partial charge in [0.15, 0.2) is 5.82 Å². The smallest absolute Gasteiger partial charge is 0.160 e. The molecule has 0 radical (unpaired) electrons. The first-order valence-corrected chi connectivity index (χ1v) is 18.6. The molecule has 51 heavy (non-hydrogen) atoms. The highest BCUT2D eigenvalue weighted by Crippen LogP contribution is 2.44. The van der Waals surface area contributed by atoms with Crippen molar-refractivity contribution in [3.8, 4) is 22.6 Å². The zero-order valence-corrected chi connectivity index (χ0v) is 28.8. The summed E-state index contributed by atoms with van der Waals surface area (Å²) in [6.45, 7) is 4.26. The van der Waals surface area contributed by atoms with Crippen LogP contribution in [0.15, 0.2) is 133 Å². The molecule has 0 spiro atoms. The van der Waals surface area contributed by atoms with Crippen LogP contribution in [0.5, 0.6) is 0 Å². The maximum absolute atomic E-state index is 5.30. The minimum Gasteiger partial charge on any atom is -0.308 e. The second kappa shape index (κ2) is 10.9. The molecule has 11 aromatic rings. The summed E-state index contributed by atoms with van der Waals surface area (Å²) < 4.78 is 6.12. The summed E-state index contributed by atoms with van der Waals surface area (Å²) in [7, 11) is 0. The van der Waals surface area contributed by atoms with Crippen molar-refractivity contribution >= 4 is 109 Å². The first kappa shape index (κ1) is 28.6. The van der Waals surface area contributed by atoms with Gasteiger partial charge in [0.25, 0.3) is 0 Å². The molecule has 6 heteroatoms. The van der Waals surface area contributed by atoms with Gasteiger partial charge in [-0.05, 0) is 42.0 Å². The van der Waals surface area contributed by atoms with Crippen LogP contribution in [0.3, 0.4) is 0 Å². The highest BCUT2D eigenvalue weighted by molar-refractivity contribution is 7.26. The largest absolute Gasteiger partial charge is 0.308 e. The van der Waals surface area contributed by atoms with Gasteiger partial charge in [0.1, 0.15) is 0 Å². The summed E-state index contributed by atoms with van der Waals surface area (Å²) >= 11 is 3.53. The van der Waals surface area contributed by atoms with Crippen LogP contribution in [0.2, 0.25) is 0 Å². The van der Waals surface area contributed by atoms with Gasteiger partial charge in [-0.1, -0.05) is 110 Å². The number of thiophene rings is 1. The summed E-state index contributed by atoms with van der Waals surface area (Å²) in [5.74, 6) is 0.710. The lowest BCUT2D eigenvalue weighted by Crippen LogP contribution is -1.95. The lowest BCUT2D eigenvalue weighted by molar-refractivity contribution is 1.23. The van der Waals surface area contributed by atoms with Crippen LogP contribution in [-0.4, -0.2) is 19.4 Å². The lowest BCUT2D eigenvalue weighted by Gasteiger charge is -2.11. The van der Waals surface area contributed by atoms with E-state index < -0.39 is 0 Å². The van der Waals surface area contributed by atoms with Crippen LogP contribution in [0, 0.1) is 0 Å². The van der Waals surface area contributed by atoms with Gasteiger partial charge in [-0.2, -0.15) is 0 Å². The number of benzene rings is 6. The summed E-state index contributed by atoms with van der Waals surface area (Å²) in [5.41, 5.74) is 12.7. The third kappa shape index (κ3) is 4.15. The number of hydrogen-bond donors (Lipinski definition) is 0. The Morgan fingerprint density at radius 3 is 2.37 bits per heavy atom. The molecule has 0 aliphatic rings. The fraction of sp³-hybridized carbons (Fsp3) is 0. The van der Waals surface area contributed by atoms with E-state index in [0.29, 0.717) is 5.82 Å². The van der Waals surface area contributed by atoms with Crippen molar-refractivity contribution in [1.82, 2.24) is 19.4 Å². The maximum Gasteiger partial charge on any atom is 0.160 e. The Kier molecular flexibility index (Phi) is 6.11. The van der Waals surface area contributed by atoms with Crippen molar-refractivity contribution < 1.29 is 0 Å². The monoisotopic (exact) mass is 686 g/mol. The van der Waals surface area contributed by atoms with Crippen LogP contribution in [0.1, 0.15) is 16.8 Å². The SMILES string of the molecule is C=Cc1c(/C=C/c2cccc(-c3nc(-c4cccc5c4sc4ccccc45)c4ccccc4n3)c2)c2cc3ncsc3c3c4ccccc4n1c23. The molecule has 0 amide bonds. The minimum atomic E-state index is 0.710. The van der Waals surface area contributed by atoms with Gasteiger partial charge in [0.05, 0.1) is 43.7 Å². The van der Waals surface area contributed by atoms with E-state index in [1.54, 1.807) is 11.3 Å². The second-order valence-electron chi connectivity index (χ2n) is 12.9. The molecule has 6 aromatic carbocycles. The van der Waals surface area contributed by atoms with Crippen LogP contribution in [-0.2, 0) is 0 Å². The predicted octanol–water partition coefficient (Wildman–Crippen LogP) is 12.8. The maximum atomic E-state index is 5.30. The molecule has 0 aliphatic carbocycles. The third-order valence-electron chi connectivity index (χ3n) is 10.1. The van der Waals surface area contributed by atoms with Crippen molar-refractivity contribution in [3.63, 3.8) is 0 Å². The normalized spacial score (nSPS) is 12.3. The van der Waals surface area contributed by atoms with Crippen LogP contribution < -0.4 is 0 Å². The summed E-state index contributed by atoms with van der Waals surface area (Å²) in [6, 6.07) is 42.9. The molecular formula is C45H26N4S2. The molecule has 0 unspecified atom stereocenters. The standard InChI is InChI=1S/C45H26N4S2/c1-2-37-28(34-24-36-44(50-25-46-36)40-32-15-4-7-19-38(32)49(37)42(34)40)22-21-26-11-9-12-27(23-26)45-47-35-18-6-3-14-31(35)41(48-45)33-17-10-16-30-29-13-5-8-20-39(29)51-43(30)33/h2-25H,1H2/b22-21+. The van der Waals surface area contributed by atoms with E-state index in [0.717, 1.165) is 50.1 Å². The van der Waals surface area contributed by atoms with E-state index in [2.05, 4.69) is 138 Å². The molecule has 0 aliphatic heterocycles. The molecule has 0 N–H and O–H groups in total. The molecule has 0 bridgehead atoms. The van der Waals surface area contributed by atoms with E-state index >= 15 is 0 Å². The topological polar surface area (TPSA) is 43.1 Å². The second-order valence-corrected chi connectivity index (χ2v) is 14.8. The van der Waals surface area contributed by atoms with Gasteiger partial charge >= 0.3 is 0 Å². The van der Waals surface area contributed by atoms with Gasteiger partial charge < -0.3 is 4.40 Å². The molecule has 5 heterocycles. The van der Waals surface area contributed by atoms with Gasteiger partial charge in [-0.15, -0.1) is 22.7 Å². The van der Waals surface area contributed by atoms with E-state index in [9.17, 15) is 0 Å². The average molecular weight is 687 g/mol. The number of rotatable bonds is 5. The zero-order valence-electron chi connectivity index (χ0n) is 27.2. The minimum absolute atomic E-state index is 0.710. The first-order valence-electron chi connectivity index (χ1n) is 16.9. The Morgan fingerprint density at radius 1 is 0.647 bits per heavy atom. The zero-order chi connectivity index (χ0) is 33.6. The molecule has 5 aromatic heterocycles. The summed E-state index contributed by atoms with van der Waals surface area (Å²) in [6.07, 6.45) is 6.39. The van der Waals surface area contributed by atoms with E-state index in [4.69, 9.17) is 15.0 Å². The summed E-state index contributed by atoms with van der Waals surface area (Å²) in [4.78, 5) is 15.1. The van der Waals surface area contributed by atoms with Gasteiger partial charge in [0.2, 0.25) is 0 Å². The molecule has 11 rings (SSSR count). The third-order valence-corrected chi connectivity index (χ3v) is 12.2. The number of thiazole rings is 1. The van der Waals surface area contributed by atoms with Crippen LogP contribution in [0.4, 0.5) is 0 Å². The Bertz CT molecular complexity index is 3230. The fourth-order valence-electron chi connectivity index (χ4n) is 7.87.